The molecule has 6 nitrogen and oxygen atoms in total. The van der Waals surface area contributed by atoms with Crippen molar-refractivity contribution in [3.63, 3.8) is 0 Å². The van der Waals surface area contributed by atoms with Gasteiger partial charge in [0.15, 0.2) is 0 Å². The molecule has 7 heteroatoms. The van der Waals surface area contributed by atoms with Gasteiger partial charge in [0.25, 0.3) is 0 Å². The van der Waals surface area contributed by atoms with E-state index in [2.05, 4.69) is 9.84 Å². The van der Waals surface area contributed by atoms with Gasteiger partial charge in [-0.3, -0.25) is 0 Å². The molecule has 0 amide bonds. The Hall–Kier alpha value is -0.100. The lowest BCUT2D eigenvalue weighted by Gasteiger charge is -1.99. The Morgan fingerprint density at radius 3 is 2.77 bits per heavy atom. The van der Waals surface area contributed by atoms with Crippen LogP contribution in [0, 0.1) is 0 Å². The average Bonchev–Trinajstić information content (AvgIpc) is 2.14. The number of aliphatic hydroxyl groups excluding tert-OH is 2. The molecule has 2 unspecified atom stereocenters. The van der Waals surface area contributed by atoms with Crippen LogP contribution in [-0.2, 0) is 13.6 Å². The zero-order valence-electron chi connectivity index (χ0n) is 7.47. The Balaban J connectivity index is 3.30. The molecule has 13 heavy (non-hydrogen) atoms. The number of hydrogen-bond acceptors (Lipinski definition) is 6. The maximum atomic E-state index is 10.8. The first kappa shape index (κ1) is 12.9. The van der Waals surface area contributed by atoms with E-state index in [0.717, 1.165) is 0 Å². The van der Waals surface area contributed by atoms with Crippen molar-refractivity contribution in [3.05, 3.63) is 0 Å². The number of hydrogen-bond donors (Lipinski definition) is 3. The average molecular weight is 212 g/mol. The highest BCUT2D eigenvalue weighted by Gasteiger charge is 2.21. The quantitative estimate of drug-likeness (QED) is 0.362. The summed E-state index contributed by atoms with van der Waals surface area (Å²) >= 11 is 0. The Labute approximate surface area is 77.8 Å². The number of rotatable bonds is 8. The van der Waals surface area contributed by atoms with E-state index in [9.17, 15) is 4.57 Å². The molecule has 3 N–H and O–H groups in total. The lowest BCUT2D eigenvalue weighted by molar-refractivity contribution is 0.0499. The third kappa shape index (κ3) is 8.24. The Kier molecular flexibility index (Phi) is 8.43. The van der Waals surface area contributed by atoms with Crippen LogP contribution in [0.1, 0.15) is 0 Å². The van der Waals surface area contributed by atoms with Crippen molar-refractivity contribution in [2.75, 3.05) is 33.4 Å². The van der Waals surface area contributed by atoms with Gasteiger partial charge >= 0.3 is 8.25 Å². The molecule has 0 aromatic heterocycles. The highest BCUT2D eigenvalue weighted by Crippen LogP contribution is 2.22. The fourth-order valence-electron chi connectivity index (χ4n) is 0.459. The molecule has 0 saturated carbocycles. The van der Waals surface area contributed by atoms with Crippen molar-refractivity contribution >= 4 is 8.25 Å². The van der Waals surface area contributed by atoms with E-state index in [1.165, 1.54) is 0 Å². The molecule has 0 bridgehead atoms. The summed E-state index contributed by atoms with van der Waals surface area (Å²) in [5, 5.41) is 20.0. The Morgan fingerprint density at radius 1 is 1.54 bits per heavy atom. The van der Waals surface area contributed by atoms with Crippen LogP contribution in [0.15, 0.2) is 0 Å². The van der Waals surface area contributed by atoms with Gasteiger partial charge in [0, 0.05) is 11.1 Å². The van der Waals surface area contributed by atoms with Crippen LogP contribution in [0.3, 0.4) is 0 Å². The molecule has 0 aromatic rings. The molecule has 0 aliphatic rings. The summed E-state index contributed by atoms with van der Waals surface area (Å²) in [7, 11) is -0.449. The van der Waals surface area contributed by atoms with Gasteiger partial charge < -0.3 is 15.5 Å². The van der Waals surface area contributed by atoms with Crippen molar-refractivity contribution in [2.45, 2.75) is 6.10 Å². The van der Waals surface area contributed by atoms with E-state index in [-0.39, 0.29) is 13.2 Å². The first-order valence-electron chi connectivity index (χ1n) is 3.87. The standard InChI is InChI=1S/C6H15NO5P/c1-7-2-3-11-13(10)12-5-6(9)4-8/h6-9H,2-5H2,1H3/q+1. The second kappa shape index (κ2) is 8.50. The van der Waals surface area contributed by atoms with Gasteiger partial charge in [-0.05, 0) is 7.05 Å². The number of likely N-dealkylation sites (N-methyl/N-ethyl adjacent to an activating group) is 1. The van der Waals surface area contributed by atoms with Crippen molar-refractivity contribution in [1.29, 1.82) is 0 Å². The lowest BCUT2D eigenvalue weighted by atomic mass is 10.4. The van der Waals surface area contributed by atoms with Gasteiger partial charge in [-0.25, -0.2) is 0 Å². The van der Waals surface area contributed by atoms with Crippen molar-refractivity contribution < 1.29 is 23.8 Å². The molecule has 0 aliphatic carbocycles. The van der Waals surface area contributed by atoms with E-state index >= 15 is 0 Å². The van der Waals surface area contributed by atoms with Gasteiger partial charge in [-0.1, -0.05) is 0 Å². The molecule has 0 saturated heterocycles. The van der Waals surface area contributed by atoms with E-state index in [1.807, 2.05) is 0 Å². The van der Waals surface area contributed by atoms with Crippen LogP contribution in [-0.4, -0.2) is 49.7 Å². The summed E-state index contributed by atoms with van der Waals surface area (Å²) in [5.74, 6) is 0. The van der Waals surface area contributed by atoms with Crippen LogP contribution < -0.4 is 5.32 Å². The first-order chi connectivity index (χ1) is 6.20. The maximum Gasteiger partial charge on any atom is 0.697 e. The summed E-state index contributed by atoms with van der Waals surface area (Å²) in [5.41, 5.74) is 0. The Bertz CT molecular complexity index is 145. The highest BCUT2D eigenvalue weighted by atomic mass is 31.1. The third-order valence-electron chi connectivity index (χ3n) is 1.13. The maximum absolute atomic E-state index is 10.8. The lowest BCUT2D eigenvalue weighted by Crippen LogP contribution is -2.18. The summed E-state index contributed by atoms with van der Waals surface area (Å²) in [6.45, 7) is 0.249. The summed E-state index contributed by atoms with van der Waals surface area (Å²) in [6, 6.07) is 0. The zero-order valence-corrected chi connectivity index (χ0v) is 8.37. The smallest absolute Gasteiger partial charge is 0.394 e. The first-order valence-corrected chi connectivity index (χ1v) is 4.96. The largest absolute Gasteiger partial charge is 0.697 e. The van der Waals surface area contributed by atoms with E-state index < -0.39 is 21.0 Å². The molecule has 0 radical (unpaired) electrons. The molecule has 0 aromatic carbocycles. The minimum Gasteiger partial charge on any atom is -0.394 e. The molecule has 0 rings (SSSR count). The van der Waals surface area contributed by atoms with Crippen LogP contribution >= 0.6 is 8.25 Å². The number of nitrogens with one attached hydrogen (secondary N) is 1. The van der Waals surface area contributed by atoms with E-state index in [4.69, 9.17) is 14.7 Å². The fraction of sp³-hybridized carbons (Fsp3) is 1.00. The minimum atomic E-state index is -2.19. The third-order valence-corrected chi connectivity index (χ3v) is 1.89. The van der Waals surface area contributed by atoms with E-state index in [1.54, 1.807) is 7.05 Å². The normalized spacial score (nSPS) is 14.2. The van der Waals surface area contributed by atoms with Gasteiger partial charge in [0.05, 0.1) is 6.61 Å². The molecule has 0 heterocycles. The second-order valence-electron chi connectivity index (χ2n) is 2.29. The van der Waals surface area contributed by atoms with Crippen molar-refractivity contribution in [3.8, 4) is 0 Å². The van der Waals surface area contributed by atoms with Gasteiger partial charge in [0.1, 0.15) is 19.3 Å². The van der Waals surface area contributed by atoms with Gasteiger partial charge in [0.2, 0.25) is 0 Å². The SMILES string of the molecule is CNCCO[P+](=O)OCC(O)CO. The predicted octanol–water partition coefficient (Wildman–Crippen LogP) is -0.750. The van der Waals surface area contributed by atoms with Crippen molar-refractivity contribution in [1.82, 2.24) is 5.32 Å². The fourth-order valence-corrected chi connectivity index (χ4v) is 1.07. The molecule has 0 aliphatic heterocycles. The minimum absolute atomic E-state index is 0.189. The van der Waals surface area contributed by atoms with Gasteiger partial charge in [-0.15, -0.1) is 9.05 Å². The molecular formula is C6H15NO5P+. The molecule has 0 fully saturated rings. The molecule has 0 spiro atoms. The van der Waals surface area contributed by atoms with E-state index in [0.29, 0.717) is 6.54 Å². The highest BCUT2D eigenvalue weighted by molar-refractivity contribution is 7.33. The van der Waals surface area contributed by atoms with Crippen LogP contribution in [0.25, 0.3) is 0 Å². The molecular weight excluding hydrogens is 197 g/mol. The zero-order chi connectivity index (χ0) is 10.1. The van der Waals surface area contributed by atoms with Gasteiger partial charge in [-0.2, -0.15) is 0 Å². The van der Waals surface area contributed by atoms with Crippen LogP contribution in [0.5, 0.6) is 0 Å². The van der Waals surface area contributed by atoms with Crippen LogP contribution in [0.2, 0.25) is 0 Å². The van der Waals surface area contributed by atoms with Crippen molar-refractivity contribution in [2.24, 2.45) is 0 Å². The molecule has 78 valence electrons. The monoisotopic (exact) mass is 212 g/mol. The second-order valence-corrected chi connectivity index (χ2v) is 3.26. The number of aliphatic hydroxyl groups is 2. The summed E-state index contributed by atoms with van der Waals surface area (Å²) < 4.78 is 20.1. The van der Waals surface area contributed by atoms with Crippen LogP contribution in [0.4, 0.5) is 0 Å². The predicted molar refractivity (Wildman–Crippen MR) is 46.5 cm³/mol. The topological polar surface area (TPSA) is 88.0 Å². The molecule has 2 atom stereocenters. The summed E-state index contributed by atoms with van der Waals surface area (Å²) in [4.78, 5) is 0. The summed E-state index contributed by atoms with van der Waals surface area (Å²) in [6.07, 6.45) is -1.01. The Morgan fingerprint density at radius 2 is 2.23 bits per heavy atom.